The number of esters is 1. The molecule has 0 saturated heterocycles. The van der Waals surface area contributed by atoms with Crippen LogP contribution in [0.3, 0.4) is 0 Å². The van der Waals surface area contributed by atoms with Crippen molar-refractivity contribution >= 4 is 21.7 Å². The Labute approximate surface area is 136 Å². The molecule has 2 atom stereocenters. The zero-order valence-electron chi connectivity index (χ0n) is 14.6. The highest BCUT2D eigenvalue weighted by atomic mass is 32.2. The van der Waals surface area contributed by atoms with Crippen LogP contribution >= 0.6 is 0 Å². The predicted molar refractivity (Wildman–Crippen MR) is 87.5 cm³/mol. The number of amides is 1. The summed E-state index contributed by atoms with van der Waals surface area (Å²) in [6, 6.07) is -0.512. The summed E-state index contributed by atoms with van der Waals surface area (Å²) in [6.45, 7) is 6.58. The maximum atomic E-state index is 12.7. The first-order valence-electron chi connectivity index (χ1n) is 7.16. The third kappa shape index (κ3) is 3.74. The summed E-state index contributed by atoms with van der Waals surface area (Å²) < 4.78 is 28.1. The Morgan fingerprint density at radius 3 is 2.17 bits per heavy atom. The van der Waals surface area contributed by atoms with Crippen molar-refractivity contribution in [2.75, 3.05) is 20.4 Å². The molecule has 0 aromatic carbocycles. The molecule has 1 aromatic rings. The van der Waals surface area contributed by atoms with Crippen molar-refractivity contribution in [3.63, 3.8) is 0 Å². The summed E-state index contributed by atoms with van der Waals surface area (Å²) in [5, 5.41) is -0.701. The number of carbonyl (C=O) groups excluding carboxylic acids is 2. The van der Waals surface area contributed by atoms with Crippen LogP contribution in [0.1, 0.15) is 46.0 Å². The van der Waals surface area contributed by atoms with Gasteiger partial charge in [0.05, 0.1) is 17.9 Å². The van der Waals surface area contributed by atoms with Crippen LogP contribution in [0, 0.1) is 13.8 Å². The number of rotatable bonds is 5. The van der Waals surface area contributed by atoms with E-state index in [1.54, 1.807) is 34.7 Å². The van der Waals surface area contributed by atoms with Gasteiger partial charge in [-0.25, -0.2) is 13.2 Å². The summed E-state index contributed by atoms with van der Waals surface area (Å²) in [5.41, 5.74) is 1.62. The maximum absolute atomic E-state index is 12.7. The monoisotopic (exact) mass is 344 g/mol. The molecule has 1 rings (SSSR count). The summed E-state index contributed by atoms with van der Waals surface area (Å²) in [4.78, 5) is 28.7. The molecule has 0 aliphatic rings. The molecule has 0 aliphatic carbocycles. The number of H-pyrrole nitrogens is 1. The molecule has 0 spiro atoms. The molecule has 1 N–H and O–H groups in total. The minimum absolute atomic E-state index is 0.262. The van der Waals surface area contributed by atoms with Gasteiger partial charge in [0.1, 0.15) is 5.69 Å². The number of carbonyl (C=O) groups is 2. The minimum Gasteiger partial charge on any atom is -0.465 e. The van der Waals surface area contributed by atoms with Crippen LogP contribution in [0.2, 0.25) is 0 Å². The van der Waals surface area contributed by atoms with Gasteiger partial charge in [-0.2, -0.15) is 0 Å². The number of nitrogens with zero attached hydrogens (tertiary/aromatic N) is 1. The molecular weight excluding hydrogens is 320 g/mol. The number of hydrogen-bond donors (Lipinski definition) is 1. The largest absolute Gasteiger partial charge is 0.465 e. The van der Waals surface area contributed by atoms with Crippen molar-refractivity contribution in [1.82, 2.24) is 9.88 Å². The van der Waals surface area contributed by atoms with E-state index in [9.17, 15) is 18.0 Å². The quantitative estimate of drug-likeness (QED) is 0.813. The van der Waals surface area contributed by atoms with E-state index < -0.39 is 27.1 Å². The van der Waals surface area contributed by atoms with Crippen LogP contribution in [0.15, 0.2) is 0 Å². The van der Waals surface area contributed by atoms with Crippen molar-refractivity contribution in [3.05, 3.63) is 22.5 Å². The van der Waals surface area contributed by atoms with Crippen molar-refractivity contribution < 1.29 is 22.7 Å². The lowest BCUT2D eigenvalue weighted by atomic mass is 10.1. The number of sulfone groups is 1. The van der Waals surface area contributed by atoms with Crippen LogP contribution in [-0.4, -0.2) is 61.9 Å². The van der Waals surface area contributed by atoms with Gasteiger partial charge in [0.2, 0.25) is 0 Å². The third-order valence-electron chi connectivity index (χ3n) is 4.33. The Morgan fingerprint density at radius 2 is 1.74 bits per heavy atom. The van der Waals surface area contributed by atoms with E-state index in [4.69, 9.17) is 4.74 Å². The van der Waals surface area contributed by atoms with Crippen LogP contribution in [0.5, 0.6) is 0 Å². The molecule has 0 radical (unpaired) electrons. The normalized spacial score (nSPS) is 14.2. The van der Waals surface area contributed by atoms with Crippen molar-refractivity contribution in [1.29, 1.82) is 0 Å². The second kappa shape index (κ2) is 6.74. The third-order valence-corrected chi connectivity index (χ3v) is 6.07. The Bertz CT molecular complexity index is 720. The van der Waals surface area contributed by atoms with E-state index in [1.165, 1.54) is 12.0 Å². The molecule has 1 amide bonds. The first-order chi connectivity index (χ1) is 10.4. The first-order valence-corrected chi connectivity index (χ1v) is 9.12. The van der Waals surface area contributed by atoms with Gasteiger partial charge in [0, 0.05) is 25.0 Å². The lowest BCUT2D eigenvalue weighted by molar-refractivity contribution is 0.0599. The smallest absolute Gasteiger partial charge is 0.339 e. The average Bonchev–Trinajstić information content (AvgIpc) is 2.77. The molecule has 1 heterocycles. The highest BCUT2D eigenvalue weighted by Gasteiger charge is 2.31. The van der Waals surface area contributed by atoms with Crippen LogP contribution in [0.25, 0.3) is 0 Å². The molecule has 8 heteroatoms. The fourth-order valence-electron chi connectivity index (χ4n) is 2.41. The molecule has 0 saturated carbocycles. The number of aryl methyl sites for hydroxylation is 1. The lowest BCUT2D eigenvalue weighted by Gasteiger charge is -2.28. The van der Waals surface area contributed by atoms with Gasteiger partial charge in [-0.1, -0.05) is 0 Å². The molecule has 0 unspecified atom stereocenters. The molecule has 1 aromatic heterocycles. The number of ether oxygens (including phenoxy) is 1. The van der Waals surface area contributed by atoms with E-state index in [1.807, 2.05) is 0 Å². The van der Waals surface area contributed by atoms with Gasteiger partial charge in [-0.15, -0.1) is 0 Å². The molecule has 0 fully saturated rings. The standard InChI is InChI=1S/C15H24N2O5S/c1-8-12(15(19)22-6)9(2)16-13(8)14(18)17(5)10(3)11(4)23(7,20)21/h10-11,16H,1-7H3/t10-,11+/m1/s1. The second-order valence-corrected chi connectivity index (χ2v) is 8.21. The Balaban J connectivity index is 3.18. The Hall–Kier alpha value is -1.83. The number of hydrogen-bond acceptors (Lipinski definition) is 5. The number of aromatic amines is 1. The van der Waals surface area contributed by atoms with Gasteiger partial charge >= 0.3 is 5.97 Å². The highest BCUT2D eigenvalue weighted by Crippen LogP contribution is 2.21. The molecular formula is C15H24N2O5S. The molecule has 0 bridgehead atoms. The predicted octanol–water partition coefficient (Wildman–Crippen LogP) is 1.31. The molecule has 130 valence electrons. The zero-order chi connectivity index (χ0) is 18.1. The van der Waals surface area contributed by atoms with Crippen LogP contribution in [-0.2, 0) is 14.6 Å². The van der Waals surface area contributed by atoms with Gasteiger partial charge in [0.15, 0.2) is 9.84 Å². The van der Waals surface area contributed by atoms with Gasteiger partial charge in [0.25, 0.3) is 5.91 Å². The van der Waals surface area contributed by atoms with E-state index in [0.717, 1.165) is 6.26 Å². The van der Waals surface area contributed by atoms with Gasteiger partial charge in [-0.05, 0) is 33.3 Å². The van der Waals surface area contributed by atoms with Gasteiger partial charge in [-0.3, -0.25) is 4.79 Å². The van der Waals surface area contributed by atoms with Crippen molar-refractivity contribution in [2.45, 2.75) is 39.0 Å². The first kappa shape index (κ1) is 19.2. The fraction of sp³-hybridized carbons (Fsp3) is 0.600. The number of aromatic nitrogens is 1. The fourth-order valence-corrected chi connectivity index (χ4v) is 3.30. The molecule has 23 heavy (non-hydrogen) atoms. The van der Waals surface area contributed by atoms with Gasteiger partial charge < -0.3 is 14.6 Å². The summed E-state index contributed by atoms with van der Waals surface area (Å²) in [5.74, 6) is -0.890. The Morgan fingerprint density at radius 1 is 1.22 bits per heavy atom. The Kier molecular flexibility index (Phi) is 5.63. The van der Waals surface area contributed by atoms with Crippen LogP contribution < -0.4 is 0 Å². The molecule has 7 nitrogen and oxygen atoms in total. The van der Waals surface area contributed by atoms with Crippen molar-refractivity contribution in [2.24, 2.45) is 0 Å². The van der Waals surface area contributed by atoms with E-state index >= 15 is 0 Å². The average molecular weight is 344 g/mol. The summed E-state index contributed by atoms with van der Waals surface area (Å²) >= 11 is 0. The number of methoxy groups -OCH3 is 1. The van der Waals surface area contributed by atoms with E-state index in [2.05, 4.69) is 4.98 Å². The lowest BCUT2D eigenvalue weighted by Crippen LogP contribution is -2.44. The van der Waals surface area contributed by atoms with E-state index in [-0.39, 0.29) is 11.6 Å². The van der Waals surface area contributed by atoms with E-state index in [0.29, 0.717) is 16.8 Å². The van der Waals surface area contributed by atoms with Crippen molar-refractivity contribution in [3.8, 4) is 0 Å². The highest BCUT2D eigenvalue weighted by molar-refractivity contribution is 7.91. The summed E-state index contributed by atoms with van der Waals surface area (Å²) in [6.07, 6.45) is 1.14. The SMILES string of the molecule is COC(=O)c1c(C)[nH]c(C(=O)N(C)[C@H](C)[C@H](C)S(C)(=O)=O)c1C. The number of nitrogens with one attached hydrogen (secondary N) is 1. The zero-order valence-corrected chi connectivity index (χ0v) is 15.4. The summed E-state index contributed by atoms with van der Waals surface area (Å²) in [7, 11) is -0.452. The second-order valence-electron chi connectivity index (χ2n) is 5.81. The van der Waals surface area contributed by atoms with Crippen LogP contribution in [0.4, 0.5) is 0 Å². The minimum atomic E-state index is -3.27. The maximum Gasteiger partial charge on any atom is 0.339 e. The molecule has 0 aliphatic heterocycles. The topological polar surface area (TPSA) is 96.5 Å².